The normalized spacial score (nSPS) is 15.8. The number of amides is 1. The molecule has 1 aromatic heterocycles. The van der Waals surface area contributed by atoms with Crippen molar-refractivity contribution < 1.29 is 4.79 Å². The molecule has 1 aromatic carbocycles. The van der Waals surface area contributed by atoms with Crippen LogP contribution in [0.1, 0.15) is 23.0 Å². The number of halogens is 1. The molecule has 0 atom stereocenters. The van der Waals surface area contributed by atoms with Crippen molar-refractivity contribution in [3.05, 3.63) is 52.8 Å². The number of rotatable bonds is 4. The van der Waals surface area contributed by atoms with Gasteiger partial charge in [0.25, 0.3) is 5.91 Å². The van der Waals surface area contributed by atoms with Crippen molar-refractivity contribution in [1.82, 2.24) is 19.6 Å². The summed E-state index contributed by atoms with van der Waals surface area (Å²) in [5.41, 5.74) is 1.93. The Morgan fingerprint density at radius 3 is 2.48 bits per heavy atom. The minimum absolute atomic E-state index is 0.0792. The number of nitrogens with zero attached hydrogens (tertiary/aromatic N) is 4. The molecule has 1 fully saturated rings. The van der Waals surface area contributed by atoms with E-state index >= 15 is 0 Å². The number of piperazine rings is 1. The van der Waals surface area contributed by atoms with E-state index in [1.807, 2.05) is 24.0 Å². The molecule has 2 heterocycles. The van der Waals surface area contributed by atoms with Crippen molar-refractivity contribution in [2.24, 2.45) is 0 Å². The first-order valence-corrected chi connectivity index (χ1v) is 8.33. The Bertz CT molecular complexity index is 659. The van der Waals surface area contributed by atoms with E-state index in [0.29, 0.717) is 12.2 Å². The van der Waals surface area contributed by atoms with Crippen molar-refractivity contribution >= 4 is 17.5 Å². The van der Waals surface area contributed by atoms with E-state index in [9.17, 15) is 4.79 Å². The van der Waals surface area contributed by atoms with Gasteiger partial charge >= 0.3 is 0 Å². The molecule has 0 radical (unpaired) electrons. The van der Waals surface area contributed by atoms with Crippen molar-refractivity contribution in [3.63, 3.8) is 0 Å². The average molecular weight is 333 g/mol. The van der Waals surface area contributed by atoms with E-state index in [2.05, 4.69) is 22.1 Å². The van der Waals surface area contributed by atoms with Gasteiger partial charge in [-0.25, -0.2) is 0 Å². The molecule has 122 valence electrons. The molecule has 1 amide bonds. The number of carbonyl (C=O) groups is 1. The Hall–Kier alpha value is -1.85. The summed E-state index contributed by atoms with van der Waals surface area (Å²) in [7, 11) is 0. The Balaban J connectivity index is 1.56. The minimum Gasteiger partial charge on any atom is -0.335 e. The van der Waals surface area contributed by atoms with Crippen LogP contribution in [0.15, 0.2) is 36.5 Å². The molecule has 2 aromatic rings. The fourth-order valence-electron chi connectivity index (χ4n) is 2.89. The molecular weight excluding hydrogens is 312 g/mol. The number of hydrogen-bond acceptors (Lipinski definition) is 3. The first kappa shape index (κ1) is 16.0. The summed E-state index contributed by atoms with van der Waals surface area (Å²) >= 11 is 5.92. The lowest BCUT2D eigenvalue weighted by molar-refractivity contribution is 0.0616. The Morgan fingerprint density at radius 1 is 1.13 bits per heavy atom. The number of hydrogen-bond donors (Lipinski definition) is 0. The van der Waals surface area contributed by atoms with Gasteiger partial charge in [0.05, 0.1) is 0 Å². The fourth-order valence-corrected chi connectivity index (χ4v) is 3.01. The molecule has 5 nitrogen and oxygen atoms in total. The molecule has 0 saturated carbocycles. The van der Waals surface area contributed by atoms with E-state index in [-0.39, 0.29) is 5.91 Å². The van der Waals surface area contributed by atoms with Gasteiger partial charge in [0, 0.05) is 50.5 Å². The van der Waals surface area contributed by atoms with E-state index in [4.69, 9.17) is 11.6 Å². The summed E-state index contributed by atoms with van der Waals surface area (Å²) < 4.78 is 1.75. The summed E-state index contributed by atoms with van der Waals surface area (Å²) in [6, 6.07) is 9.75. The Kier molecular flexibility index (Phi) is 4.98. The third-order valence-corrected chi connectivity index (χ3v) is 4.47. The molecule has 0 N–H and O–H groups in total. The second kappa shape index (κ2) is 7.15. The average Bonchev–Trinajstić information content (AvgIpc) is 3.06. The lowest BCUT2D eigenvalue weighted by atomic mass is 10.2. The number of carbonyl (C=O) groups excluding carboxylic acids is 1. The van der Waals surface area contributed by atoms with Gasteiger partial charge in [-0.3, -0.25) is 14.4 Å². The van der Waals surface area contributed by atoms with Crippen LogP contribution >= 0.6 is 11.6 Å². The second-order valence-corrected chi connectivity index (χ2v) is 6.16. The third-order valence-electron chi connectivity index (χ3n) is 4.21. The van der Waals surface area contributed by atoms with Gasteiger partial charge in [0.15, 0.2) is 0 Å². The summed E-state index contributed by atoms with van der Waals surface area (Å²) in [6.07, 6.45) is 1.69. The molecule has 6 heteroatoms. The van der Waals surface area contributed by atoms with Crippen LogP contribution in [0.4, 0.5) is 0 Å². The molecule has 1 aliphatic heterocycles. The van der Waals surface area contributed by atoms with Gasteiger partial charge < -0.3 is 4.90 Å². The van der Waals surface area contributed by atoms with Crippen LogP contribution in [0, 0.1) is 0 Å². The van der Waals surface area contributed by atoms with Crippen molar-refractivity contribution in [2.45, 2.75) is 20.0 Å². The number of aryl methyl sites for hydroxylation is 1. The summed E-state index contributed by atoms with van der Waals surface area (Å²) in [6.45, 7) is 6.87. The monoisotopic (exact) mass is 332 g/mol. The molecule has 3 rings (SSSR count). The summed E-state index contributed by atoms with van der Waals surface area (Å²) in [4.78, 5) is 16.9. The lowest BCUT2D eigenvalue weighted by Crippen LogP contribution is -2.48. The van der Waals surface area contributed by atoms with Crippen LogP contribution in [0.3, 0.4) is 0 Å². The first-order valence-electron chi connectivity index (χ1n) is 7.95. The number of aromatic nitrogens is 2. The lowest BCUT2D eigenvalue weighted by Gasteiger charge is -2.34. The highest BCUT2D eigenvalue weighted by Gasteiger charge is 2.24. The Labute approximate surface area is 141 Å². The van der Waals surface area contributed by atoms with Gasteiger partial charge in [-0.15, -0.1) is 0 Å². The molecule has 0 unspecified atom stereocenters. The fraction of sp³-hybridized carbons (Fsp3) is 0.412. The molecule has 0 aliphatic carbocycles. The second-order valence-electron chi connectivity index (χ2n) is 5.73. The van der Waals surface area contributed by atoms with Crippen LogP contribution < -0.4 is 0 Å². The number of benzene rings is 1. The van der Waals surface area contributed by atoms with Gasteiger partial charge in [-0.2, -0.15) is 5.10 Å². The van der Waals surface area contributed by atoms with Crippen LogP contribution in [0.5, 0.6) is 0 Å². The molecule has 1 saturated heterocycles. The minimum atomic E-state index is 0.0792. The molecule has 0 bridgehead atoms. The zero-order valence-corrected chi connectivity index (χ0v) is 14.0. The van der Waals surface area contributed by atoms with Crippen LogP contribution in [-0.4, -0.2) is 51.7 Å². The zero-order chi connectivity index (χ0) is 16.2. The van der Waals surface area contributed by atoms with Crippen LogP contribution in [-0.2, 0) is 13.1 Å². The smallest absolute Gasteiger partial charge is 0.272 e. The quantitative estimate of drug-likeness (QED) is 0.864. The van der Waals surface area contributed by atoms with Crippen LogP contribution in [0.25, 0.3) is 0 Å². The standard InChI is InChI=1S/C17H21ClN4O/c1-2-22-16(7-8-19-22)17(23)21-11-9-20(10-12-21)13-14-3-5-15(18)6-4-14/h3-8H,2,9-13H2,1H3. The predicted octanol–water partition coefficient (Wildman–Crippen LogP) is 2.51. The molecule has 23 heavy (non-hydrogen) atoms. The zero-order valence-electron chi connectivity index (χ0n) is 13.3. The van der Waals surface area contributed by atoms with Gasteiger partial charge in [0.1, 0.15) is 5.69 Å². The van der Waals surface area contributed by atoms with Gasteiger partial charge in [-0.05, 0) is 30.7 Å². The third kappa shape index (κ3) is 3.74. The highest BCUT2D eigenvalue weighted by molar-refractivity contribution is 6.30. The van der Waals surface area contributed by atoms with Crippen molar-refractivity contribution in [2.75, 3.05) is 26.2 Å². The highest BCUT2D eigenvalue weighted by atomic mass is 35.5. The van der Waals surface area contributed by atoms with E-state index in [1.54, 1.807) is 16.9 Å². The highest BCUT2D eigenvalue weighted by Crippen LogP contribution is 2.14. The van der Waals surface area contributed by atoms with Gasteiger partial charge in [-0.1, -0.05) is 23.7 Å². The van der Waals surface area contributed by atoms with E-state index in [1.165, 1.54) is 5.56 Å². The summed E-state index contributed by atoms with van der Waals surface area (Å²) in [5, 5.41) is 4.94. The van der Waals surface area contributed by atoms with E-state index in [0.717, 1.165) is 37.7 Å². The SMILES string of the molecule is CCn1nccc1C(=O)N1CCN(Cc2ccc(Cl)cc2)CC1. The van der Waals surface area contributed by atoms with Crippen molar-refractivity contribution in [1.29, 1.82) is 0 Å². The van der Waals surface area contributed by atoms with E-state index < -0.39 is 0 Å². The largest absolute Gasteiger partial charge is 0.335 e. The maximum absolute atomic E-state index is 12.6. The predicted molar refractivity (Wildman–Crippen MR) is 90.5 cm³/mol. The van der Waals surface area contributed by atoms with Crippen LogP contribution in [0.2, 0.25) is 5.02 Å². The summed E-state index contributed by atoms with van der Waals surface area (Å²) in [5.74, 6) is 0.0792. The van der Waals surface area contributed by atoms with Gasteiger partial charge in [0.2, 0.25) is 0 Å². The molecular formula is C17H21ClN4O. The first-order chi connectivity index (χ1) is 11.2. The van der Waals surface area contributed by atoms with Crippen molar-refractivity contribution in [3.8, 4) is 0 Å². The maximum atomic E-state index is 12.6. The topological polar surface area (TPSA) is 41.4 Å². The maximum Gasteiger partial charge on any atom is 0.272 e. The molecule has 0 spiro atoms. The molecule has 1 aliphatic rings. The Morgan fingerprint density at radius 2 is 1.83 bits per heavy atom.